The monoisotopic (exact) mass is 210 g/mol. The summed E-state index contributed by atoms with van der Waals surface area (Å²) in [5, 5.41) is 8.44. The molecule has 0 aromatic carbocycles. The predicted molar refractivity (Wildman–Crippen MR) is 54.1 cm³/mol. The molecule has 0 aliphatic heterocycles. The molecule has 74 valence electrons. The number of aromatic nitrogens is 4. The van der Waals surface area contributed by atoms with Crippen LogP contribution in [0.15, 0.2) is 24.7 Å². The molecule has 0 saturated heterocycles. The molecule has 0 spiro atoms. The zero-order valence-corrected chi connectivity index (χ0v) is 8.65. The molecule has 4 nitrogen and oxygen atoms in total. The van der Waals surface area contributed by atoms with Gasteiger partial charge in [-0.15, -0.1) is 11.6 Å². The van der Waals surface area contributed by atoms with E-state index in [0.717, 1.165) is 11.3 Å². The summed E-state index contributed by atoms with van der Waals surface area (Å²) in [4.78, 5) is 0. The van der Waals surface area contributed by atoms with Gasteiger partial charge in [-0.05, 0) is 6.07 Å². The van der Waals surface area contributed by atoms with Gasteiger partial charge in [-0.1, -0.05) is 0 Å². The summed E-state index contributed by atoms with van der Waals surface area (Å²) in [7, 11) is 1.90. The van der Waals surface area contributed by atoms with E-state index in [1.54, 1.807) is 10.9 Å². The van der Waals surface area contributed by atoms with Crippen molar-refractivity contribution in [3.8, 4) is 0 Å². The van der Waals surface area contributed by atoms with Gasteiger partial charge in [0, 0.05) is 25.0 Å². The molecule has 0 bridgehead atoms. The zero-order chi connectivity index (χ0) is 9.97. The number of halogens is 1. The van der Waals surface area contributed by atoms with Crippen LogP contribution in [0.4, 0.5) is 0 Å². The molecule has 14 heavy (non-hydrogen) atoms. The molecule has 0 fully saturated rings. The van der Waals surface area contributed by atoms with Crippen molar-refractivity contribution in [3.63, 3.8) is 0 Å². The van der Waals surface area contributed by atoms with Crippen LogP contribution in [0, 0.1) is 0 Å². The summed E-state index contributed by atoms with van der Waals surface area (Å²) in [6.07, 6.45) is 5.62. The van der Waals surface area contributed by atoms with Gasteiger partial charge < -0.3 is 0 Å². The lowest BCUT2D eigenvalue weighted by molar-refractivity contribution is 0.650. The fraction of sp³-hybridized carbons (Fsp3) is 0.333. The highest BCUT2D eigenvalue weighted by Gasteiger charge is 2.00. The average molecular weight is 211 g/mol. The van der Waals surface area contributed by atoms with Crippen LogP contribution in [-0.4, -0.2) is 19.6 Å². The molecular formula is C9H11ClN4. The van der Waals surface area contributed by atoms with Gasteiger partial charge in [-0.3, -0.25) is 9.36 Å². The van der Waals surface area contributed by atoms with Crippen molar-refractivity contribution in [3.05, 3.63) is 35.9 Å². The molecule has 0 N–H and O–H groups in total. The Hall–Kier alpha value is -1.29. The van der Waals surface area contributed by atoms with Crippen LogP contribution in [0.1, 0.15) is 11.3 Å². The van der Waals surface area contributed by atoms with Crippen LogP contribution in [0.25, 0.3) is 0 Å². The quantitative estimate of drug-likeness (QED) is 0.718. The summed E-state index contributed by atoms with van der Waals surface area (Å²) < 4.78 is 3.61. The second kappa shape index (κ2) is 3.84. The highest BCUT2D eigenvalue weighted by Crippen LogP contribution is 2.03. The fourth-order valence-electron chi connectivity index (χ4n) is 1.28. The van der Waals surface area contributed by atoms with Gasteiger partial charge >= 0.3 is 0 Å². The molecule has 0 radical (unpaired) electrons. The molecule has 0 atom stereocenters. The van der Waals surface area contributed by atoms with Crippen LogP contribution in [0.2, 0.25) is 0 Å². The van der Waals surface area contributed by atoms with Crippen molar-refractivity contribution in [2.24, 2.45) is 7.05 Å². The number of hydrogen-bond acceptors (Lipinski definition) is 2. The third-order valence-corrected chi connectivity index (χ3v) is 2.24. The standard InChI is InChI=1S/C9H11ClN4/c1-13-3-2-9(12-13)7-14-6-8(4-10)5-11-14/h2-3,5-6H,4,7H2,1H3. The van der Waals surface area contributed by atoms with Crippen LogP contribution >= 0.6 is 11.6 Å². The predicted octanol–water partition coefficient (Wildman–Crippen LogP) is 1.40. The SMILES string of the molecule is Cn1ccc(Cn2cc(CCl)cn2)n1. The van der Waals surface area contributed by atoms with Crippen LogP contribution in [0.3, 0.4) is 0 Å². The van der Waals surface area contributed by atoms with E-state index in [1.807, 2.05) is 30.2 Å². The fourth-order valence-corrected chi connectivity index (χ4v) is 1.41. The summed E-state index contributed by atoms with van der Waals surface area (Å²) in [5.74, 6) is 0.502. The highest BCUT2D eigenvalue weighted by atomic mass is 35.5. The van der Waals surface area contributed by atoms with Gasteiger partial charge in [0.15, 0.2) is 0 Å². The van der Waals surface area contributed by atoms with Gasteiger partial charge in [0.2, 0.25) is 0 Å². The van der Waals surface area contributed by atoms with Crippen molar-refractivity contribution < 1.29 is 0 Å². The first-order valence-corrected chi connectivity index (χ1v) is 4.87. The van der Waals surface area contributed by atoms with Crippen LogP contribution in [-0.2, 0) is 19.5 Å². The molecule has 0 aliphatic rings. The summed E-state index contributed by atoms with van der Waals surface area (Å²) in [6.45, 7) is 0.692. The van der Waals surface area contributed by atoms with Crippen molar-refractivity contribution in [1.82, 2.24) is 19.6 Å². The normalized spacial score (nSPS) is 10.7. The summed E-state index contributed by atoms with van der Waals surface area (Å²) >= 11 is 5.67. The maximum Gasteiger partial charge on any atom is 0.0849 e. The van der Waals surface area contributed by atoms with E-state index in [2.05, 4.69) is 10.2 Å². The smallest absolute Gasteiger partial charge is 0.0849 e. The number of rotatable bonds is 3. The third-order valence-electron chi connectivity index (χ3n) is 1.93. The molecule has 0 aliphatic carbocycles. The Morgan fingerprint density at radius 2 is 2.36 bits per heavy atom. The Bertz CT molecular complexity index is 418. The van der Waals surface area contributed by atoms with Gasteiger partial charge in [-0.2, -0.15) is 10.2 Å². The molecule has 2 aromatic heterocycles. The lowest BCUT2D eigenvalue weighted by atomic mass is 10.4. The Balaban J connectivity index is 2.10. The van der Waals surface area contributed by atoms with Gasteiger partial charge in [0.05, 0.1) is 24.3 Å². The maximum absolute atomic E-state index is 5.67. The maximum atomic E-state index is 5.67. The molecule has 0 amide bonds. The molecular weight excluding hydrogens is 200 g/mol. The molecule has 5 heteroatoms. The summed E-state index contributed by atoms with van der Waals surface area (Å²) in [5.41, 5.74) is 2.03. The minimum Gasteiger partial charge on any atom is -0.275 e. The minimum absolute atomic E-state index is 0.502. The molecule has 2 heterocycles. The van der Waals surface area contributed by atoms with Crippen molar-refractivity contribution in [2.75, 3.05) is 0 Å². The second-order valence-electron chi connectivity index (χ2n) is 3.16. The third kappa shape index (κ3) is 1.96. The van der Waals surface area contributed by atoms with E-state index in [9.17, 15) is 0 Å². The highest BCUT2D eigenvalue weighted by molar-refractivity contribution is 6.17. The molecule has 0 unspecified atom stereocenters. The van der Waals surface area contributed by atoms with E-state index < -0.39 is 0 Å². The Morgan fingerprint density at radius 1 is 1.50 bits per heavy atom. The van der Waals surface area contributed by atoms with Gasteiger partial charge in [0.25, 0.3) is 0 Å². The Labute approximate surface area is 87.1 Å². The number of alkyl halides is 1. The second-order valence-corrected chi connectivity index (χ2v) is 3.43. The van der Waals surface area contributed by atoms with Crippen LogP contribution in [0.5, 0.6) is 0 Å². The van der Waals surface area contributed by atoms with E-state index >= 15 is 0 Å². The van der Waals surface area contributed by atoms with Crippen molar-refractivity contribution in [1.29, 1.82) is 0 Å². The average Bonchev–Trinajstić information content (AvgIpc) is 2.76. The molecule has 2 aromatic rings. The number of nitrogens with zero attached hydrogens (tertiary/aromatic N) is 4. The van der Waals surface area contributed by atoms with Crippen molar-refractivity contribution in [2.45, 2.75) is 12.4 Å². The largest absolute Gasteiger partial charge is 0.275 e. The Morgan fingerprint density at radius 3 is 2.93 bits per heavy atom. The van der Waals surface area contributed by atoms with E-state index in [-0.39, 0.29) is 0 Å². The van der Waals surface area contributed by atoms with Gasteiger partial charge in [-0.25, -0.2) is 0 Å². The first-order valence-electron chi connectivity index (χ1n) is 4.34. The molecule has 0 saturated carbocycles. The first-order chi connectivity index (χ1) is 6.78. The van der Waals surface area contributed by atoms with E-state index in [1.165, 1.54) is 0 Å². The van der Waals surface area contributed by atoms with Crippen molar-refractivity contribution >= 4 is 11.6 Å². The Kier molecular flexibility index (Phi) is 2.54. The van der Waals surface area contributed by atoms with Crippen LogP contribution < -0.4 is 0 Å². The van der Waals surface area contributed by atoms with E-state index in [4.69, 9.17) is 11.6 Å². The molecule has 2 rings (SSSR count). The number of hydrogen-bond donors (Lipinski definition) is 0. The lowest BCUT2D eigenvalue weighted by Crippen LogP contribution is -2.01. The zero-order valence-electron chi connectivity index (χ0n) is 7.89. The van der Waals surface area contributed by atoms with Gasteiger partial charge in [0.1, 0.15) is 0 Å². The number of aryl methyl sites for hydroxylation is 1. The van der Waals surface area contributed by atoms with E-state index in [0.29, 0.717) is 12.4 Å². The minimum atomic E-state index is 0.502. The lowest BCUT2D eigenvalue weighted by Gasteiger charge is -1.96. The topological polar surface area (TPSA) is 35.6 Å². The summed E-state index contributed by atoms with van der Waals surface area (Å²) in [6, 6.07) is 1.97. The first kappa shape index (κ1) is 9.27.